The van der Waals surface area contributed by atoms with Crippen LogP contribution in [0.5, 0.6) is 0 Å². The second-order valence-corrected chi connectivity index (χ2v) is 8.63. The molecule has 2 aliphatic heterocycles. The Morgan fingerprint density at radius 1 is 1.07 bits per heavy atom. The molecule has 4 nitrogen and oxygen atoms in total. The van der Waals surface area contributed by atoms with Gasteiger partial charge in [0.2, 0.25) is 5.91 Å². The highest BCUT2D eigenvalue weighted by Gasteiger charge is 2.37. The molecule has 2 aromatic carbocycles. The van der Waals surface area contributed by atoms with Crippen LogP contribution < -0.4 is 0 Å². The van der Waals surface area contributed by atoms with Crippen LogP contribution in [0.1, 0.15) is 16.5 Å². The highest BCUT2D eigenvalue weighted by molar-refractivity contribution is 8.14. The molecule has 0 N–H and O–H groups in total. The Morgan fingerprint density at radius 2 is 1.85 bits per heavy atom. The number of rotatable bonds is 2. The van der Waals surface area contributed by atoms with Crippen molar-refractivity contribution in [3.8, 4) is 0 Å². The first-order valence-electron chi connectivity index (χ1n) is 7.95. The van der Waals surface area contributed by atoms with Gasteiger partial charge in [-0.15, -0.1) is 16.9 Å². The maximum Gasteiger partial charge on any atom is 0.239 e. The molecule has 2 aromatic rings. The van der Waals surface area contributed by atoms with E-state index in [0.29, 0.717) is 33.0 Å². The average molecular weight is 440 g/mol. The fourth-order valence-electron chi connectivity index (χ4n) is 2.78. The molecule has 1 saturated heterocycles. The van der Waals surface area contributed by atoms with Gasteiger partial charge in [0.15, 0.2) is 5.17 Å². The number of hydrogen-bond acceptors (Lipinski definition) is 5. The summed E-state index contributed by atoms with van der Waals surface area (Å²) in [4.78, 5) is 14.1. The first-order chi connectivity index (χ1) is 13.0. The number of nitrogens with zero attached hydrogens (tertiary/aromatic N) is 3. The van der Waals surface area contributed by atoms with Crippen molar-refractivity contribution in [2.24, 2.45) is 10.2 Å². The molecule has 1 unspecified atom stereocenters. The summed E-state index contributed by atoms with van der Waals surface area (Å²) in [5.74, 6) is 0.252. The van der Waals surface area contributed by atoms with Crippen molar-refractivity contribution in [1.82, 2.24) is 4.90 Å². The molecular formula is C18H12Cl2FN3OS2. The van der Waals surface area contributed by atoms with Crippen LogP contribution in [0, 0.1) is 5.82 Å². The highest BCUT2D eigenvalue weighted by atomic mass is 35.5. The Bertz CT molecular complexity index is 969. The number of amides is 1. The normalized spacial score (nSPS) is 19.9. The minimum Gasteiger partial charge on any atom is -0.273 e. The van der Waals surface area contributed by atoms with Crippen molar-refractivity contribution < 1.29 is 9.18 Å². The molecule has 0 saturated carbocycles. The summed E-state index contributed by atoms with van der Waals surface area (Å²) in [5, 5.41) is 9.12. The Labute approximate surface area is 173 Å². The summed E-state index contributed by atoms with van der Waals surface area (Å²) in [6.45, 7) is 0. The molecule has 0 aliphatic carbocycles. The van der Waals surface area contributed by atoms with Gasteiger partial charge in [0.05, 0.1) is 21.5 Å². The molecule has 2 aliphatic rings. The standard InChI is InChI=1S/C18H12Cl2FN3OS2/c19-12-7-13(20)14(21)6-11(12)15-8-27-18(23-22-15)24-16(25)9-26-17(24)10-4-2-1-3-5-10/h1-7,17H,8-9H2. The second-order valence-electron chi connectivity index (χ2n) is 5.80. The van der Waals surface area contributed by atoms with Crippen molar-refractivity contribution in [3.05, 3.63) is 69.5 Å². The van der Waals surface area contributed by atoms with Gasteiger partial charge in [-0.05, 0) is 17.7 Å². The largest absolute Gasteiger partial charge is 0.273 e. The van der Waals surface area contributed by atoms with E-state index in [0.717, 1.165) is 5.56 Å². The number of amidine groups is 1. The summed E-state index contributed by atoms with van der Waals surface area (Å²) in [5.41, 5.74) is 2.03. The van der Waals surface area contributed by atoms with E-state index in [2.05, 4.69) is 10.2 Å². The topological polar surface area (TPSA) is 45.0 Å². The Balaban J connectivity index is 1.64. The van der Waals surface area contributed by atoms with Crippen LogP contribution in [0.3, 0.4) is 0 Å². The zero-order valence-corrected chi connectivity index (χ0v) is 16.9. The van der Waals surface area contributed by atoms with Crippen molar-refractivity contribution in [3.63, 3.8) is 0 Å². The van der Waals surface area contributed by atoms with Gasteiger partial charge >= 0.3 is 0 Å². The fraction of sp³-hybridized carbons (Fsp3) is 0.167. The molecule has 4 rings (SSSR count). The van der Waals surface area contributed by atoms with Crippen molar-refractivity contribution in [2.45, 2.75) is 5.37 Å². The Morgan fingerprint density at radius 3 is 2.56 bits per heavy atom. The number of thioether (sulfide) groups is 2. The number of carbonyl (C=O) groups excluding carboxylic acids is 1. The average Bonchev–Trinajstić information content (AvgIpc) is 3.07. The van der Waals surface area contributed by atoms with Crippen LogP contribution in [-0.2, 0) is 4.79 Å². The van der Waals surface area contributed by atoms with Gasteiger partial charge in [-0.2, -0.15) is 5.10 Å². The highest BCUT2D eigenvalue weighted by Crippen LogP contribution is 2.41. The van der Waals surface area contributed by atoms with Crippen LogP contribution in [-0.4, -0.2) is 33.2 Å². The Kier molecular flexibility index (Phi) is 5.45. The molecule has 2 heterocycles. The third kappa shape index (κ3) is 3.74. The van der Waals surface area contributed by atoms with E-state index in [1.54, 1.807) is 16.7 Å². The van der Waals surface area contributed by atoms with Crippen molar-refractivity contribution in [1.29, 1.82) is 0 Å². The monoisotopic (exact) mass is 439 g/mol. The van der Waals surface area contributed by atoms with Crippen LogP contribution in [0.2, 0.25) is 10.0 Å². The molecule has 1 atom stereocenters. The first-order valence-corrected chi connectivity index (χ1v) is 10.7. The maximum atomic E-state index is 13.8. The summed E-state index contributed by atoms with van der Waals surface area (Å²) in [6, 6.07) is 12.4. The van der Waals surface area contributed by atoms with Gasteiger partial charge in [0.1, 0.15) is 11.2 Å². The quantitative estimate of drug-likeness (QED) is 0.602. The zero-order chi connectivity index (χ0) is 19.0. The van der Waals surface area contributed by atoms with Crippen LogP contribution in [0.15, 0.2) is 52.7 Å². The van der Waals surface area contributed by atoms with E-state index in [1.807, 2.05) is 30.3 Å². The summed E-state index contributed by atoms with van der Waals surface area (Å²) in [6.07, 6.45) is 0. The SMILES string of the molecule is O=C1CSC(c2ccccc2)N1C1=NN=C(c2cc(F)c(Cl)cc2Cl)CS1. The minimum absolute atomic E-state index is 0.00526. The number of hydrogen-bond donors (Lipinski definition) is 0. The van der Waals surface area contributed by atoms with Crippen LogP contribution in [0.25, 0.3) is 0 Å². The molecule has 1 fully saturated rings. The molecule has 0 aromatic heterocycles. The second kappa shape index (κ2) is 7.83. The predicted octanol–water partition coefficient (Wildman–Crippen LogP) is 5.21. The van der Waals surface area contributed by atoms with E-state index >= 15 is 0 Å². The molecule has 0 bridgehead atoms. The number of carbonyl (C=O) groups is 1. The van der Waals surface area contributed by atoms with Gasteiger partial charge in [-0.1, -0.05) is 65.3 Å². The molecular weight excluding hydrogens is 428 g/mol. The Hall–Kier alpha value is -1.54. The third-order valence-electron chi connectivity index (χ3n) is 4.07. The van der Waals surface area contributed by atoms with E-state index in [1.165, 1.54) is 23.9 Å². The van der Waals surface area contributed by atoms with Gasteiger partial charge < -0.3 is 0 Å². The van der Waals surface area contributed by atoms with E-state index < -0.39 is 5.82 Å². The molecule has 138 valence electrons. The third-order valence-corrected chi connectivity index (χ3v) is 6.84. The summed E-state index contributed by atoms with van der Waals surface area (Å²) < 4.78 is 13.8. The first kappa shape index (κ1) is 18.8. The molecule has 27 heavy (non-hydrogen) atoms. The minimum atomic E-state index is -0.561. The smallest absolute Gasteiger partial charge is 0.239 e. The molecule has 0 radical (unpaired) electrons. The predicted molar refractivity (Wildman–Crippen MR) is 111 cm³/mol. The number of halogens is 3. The maximum absolute atomic E-state index is 13.8. The molecule has 9 heteroatoms. The molecule has 1 amide bonds. The van der Waals surface area contributed by atoms with E-state index in [4.69, 9.17) is 23.2 Å². The van der Waals surface area contributed by atoms with E-state index in [-0.39, 0.29) is 16.3 Å². The van der Waals surface area contributed by atoms with Gasteiger partial charge in [-0.3, -0.25) is 9.69 Å². The van der Waals surface area contributed by atoms with Crippen molar-refractivity contribution >= 4 is 63.5 Å². The fourth-order valence-corrected chi connectivity index (χ4v) is 5.42. The zero-order valence-electron chi connectivity index (χ0n) is 13.7. The van der Waals surface area contributed by atoms with Gasteiger partial charge in [0.25, 0.3) is 0 Å². The summed E-state index contributed by atoms with van der Waals surface area (Å²) >= 11 is 14.9. The molecule has 0 spiro atoms. The van der Waals surface area contributed by atoms with Crippen LogP contribution in [0.4, 0.5) is 4.39 Å². The lowest BCUT2D eigenvalue weighted by atomic mass is 10.1. The van der Waals surface area contributed by atoms with Gasteiger partial charge in [0, 0.05) is 11.3 Å². The lowest BCUT2D eigenvalue weighted by molar-refractivity contribution is -0.124. The van der Waals surface area contributed by atoms with Crippen LogP contribution >= 0.6 is 46.7 Å². The van der Waals surface area contributed by atoms with Crippen molar-refractivity contribution in [2.75, 3.05) is 11.5 Å². The summed E-state index contributed by atoms with van der Waals surface area (Å²) in [7, 11) is 0. The van der Waals surface area contributed by atoms with Gasteiger partial charge in [-0.25, -0.2) is 4.39 Å². The lowest BCUT2D eigenvalue weighted by Crippen LogP contribution is -2.34. The lowest BCUT2D eigenvalue weighted by Gasteiger charge is -2.26. The van der Waals surface area contributed by atoms with E-state index in [9.17, 15) is 9.18 Å². The number of benzene rings is 2.